The Morgan fingerprint density at radius 2 is 2.06 bits per heavy atom. The molecule has 0 bridgehead atoms. The Morgan fingerprint density at radius 1 is 1.44 bits per heavy atom. The maximum Gasteiger partial charge on any atom is 0.301 e. The summed E-state index contributed by atoms with van der Waals surface area (Å²) in [7, 11) is -2.05. The quantitative estimate of drug-likeness (QED) is 0.783. The molecule has 0 unspecified atom stereocenters. The van der Waals surface area contributed by atoms with Crippen LogP contribution in [0.2, 0.25) is 0 Å². The van der Waals surface area contributed by atoms with Crippen molar-refractivity contribution in [1.82, 2.24) is 4.72 Å². The molecule has 0 aromatic heterocycles. The van der Waals surface area contributed by atoms with Crippen molar-refractivity contribution in [3.8, 4) is 0 Å². The molecule has 0 saturated heterocycles. The summed E-state index contributed by atoms with van der Waals surface area (Å²) in [4.78, 5) is 0.180. The fourth-order valence-corrected chi connectivity index (χ4v) is 2.98. The van der Waals surface area contributed by atoms with Gasteiger partial charge in [-0.15, -0.1) is 0 Å². The summed E-state index contributed by atoms with van der Waals surface area (Å²) in [6.45, 7) is 0. The highest BCUT2D eigenvalue weighted by Crippen LogP contribution is 2.24. The Balaban J connectivity index is 2.32. The predicted octanol–water partition coefficient (Wildman–Crippen LogP) is 0.754. The molecule has 1 aliphatic rings. The first-order valence-electron chi connectivity index (χ1n) is 5.57. The van der Waals surface area contributed by atoms with Gasteiger partial charge in [0.2, 0.25) is 0 Å². The molecule has 5 nitrogen and oxygen atoms in total. The zero-order valence-electron chi connectivity index (χ0n) is 9.96. The molecule has 1 fully saturated rings. The maximum absolute atomic E-state index is 12.1. The van der Waals surface area contributed by atoms with E-state index in [0.717, 1.165) is 12.8 Å². The van der Waals surface area contributed by atoms with Crippen molar-refractivity contribution in [2.75, 3.05) is 11.4 Å². The van der Waals surface area contributed by atoms with Crippen LogP contribution in [0.1, 0.15) is 18.4 Å². The van der Waals surface area contributed by atoms with E-state index in [4.69, 9.17) is 18.0 Å². The number of anilines is 1. The molecule has 0 radical (unpaired) electrons. The molecule has 1 aliphatic carbocycles. The van der Waals surface area contributed by atoms with E-state index in [1.165, 1.54) is 11.4 Å². The highest BCUT2D eigenvalue weighted by molar-refractivity contribution is 7.90. The van der Waals surface area contributed by atoms with Gasteiger partial charge < -0.3 is 5.73 Å². The van der Waals surface area contributed by atoms with Gasteiger partial charge in [-0.2, -0.15) is 13.1 Å². The predicted molar refractivity (Wildman–Crippen MR) is 75.8 cm³/mol. The van der Waals surface area contributed by atoms with Crippen LogP contribution in [0, 0.1) is 0 Å². The monoisotopic (exact) mass is 285 g/mol. The molecule has 1 aromatic carbocycles. The van der Waals surface area contributed by atoms with E-state index in [1.54, 1.807) is 24.3 Å². The Kier molecular flexibility index (Phi) is 3.56. The van der Waals surface area contributed by atoms with Crippen molar-refractivity contribution >= 4 is 33.1 Å². The third-order valence-corrected chi connectivity index (χ3v) is 4.53. The summed E-state index contributed by atoms with van der Waals surface area (Å²) in [6, 6.07) is 6.98. The van der Waals surface area contributed by atoms with Gasteiger partial charge in [-0.05, 0) is 25.0 Å². The van der Waals surface area contributed by atoms with Gasteiger partial charge in [-0.25, -0.2) is 0 Å². The Bertz CT molecular complexity index is 567. The molecule has 18 heavy (non-hydrogen) atoms. The standard InChI is InChI=1S/C11H15N3O2S2/c1-14(18(15,16)13-8-6-7-8)10-5-3-2-4-9(10)11(12)17/h2-5,8,13H,6-7H2,1H3,(H2,12,17). The van der Waals surface area contributed by atoms with Crippen LogP contribution in [0.15, 0.2) is 24.3 Å². The van der Waals surface area contributed by atoms with E-state index >= 15 is 0 Å². The van der Waals surface area contributed by atoms with Gasteiger partial charge in [0.25, 0.3) is 0 Å². The van der Waals surface area contributed by atoms with Gasteiger partial charge in [-0.3, -0.25) is 4.31 Å². The van der Waals surface area contributed by atoms with E-state index in [2.05, 4.69) is 4.72 Å². The Hall–Kier alpha value is -1.18. The number of para-hydroxylation sites is 1. The summed E-state index contributed by atoms with van der Waals surface area (Å²) in [5.41, 5.74) is 6.64. The van der Waals surface area contributed by atoms with Crippen LogP contribution >= 0.6 is 12.2 Å². The minimum absolute atomic E-state index is 0.0643. The summed E-state index contributed by atoms with van der Waals surface area (Å²) in [5.74, 6) is 0. The van der Waals surface area contributed by atoms with E-state index < -0.39 is 10.2 Å². The minimum Gasteiger partial charge on any atom is -0.389 e. The molecule has 0 aliphatic heterocycles. The topological polar surface area (TPSA) is 75.4 Å². The third-order valence-electron chi connectivity index (χ3n) is 2.76. The van der Waals surface area contributed by atoms with E-state index in [0.29, 0.717) is 11.3 Å². The van der Waals surface area contributed by atoms with Crippen LogP contribution < -0.4 is 14.8 Å². The zero-order valence-corrected chi connectivity index (χ0v) is 11.6. The number of nitrogens with one attached hydrogen (secondary N) is 1. The number of rotatable bonds is 5. The lowest BCUT2D eigenvalue weighted by molar-refractivity contribution is 0.579. The molecule has 0 atom stereocenters. The van der Waals surface area contributed by atoms with Gasteiger partial charge >= 0.3 is 10.2 Å². The van der Waals surface area contributed by atoms with Crippen molar-refractivity contribution in [3.05, 3.63) is 29.8 Å². The minimum atomic E-state index is -3.54. The summed E-state index contributed by atoms with van der Waals surface area (Å²) in [6.07, 6.45) is 1.79. The first-order chi connectivity index (χ1) is 8.42. The van der Waals surface area contributed by atoms with Crippen LogP contribution in [-0.4, -0.2) is 26.5 Å². The zero-order chi connectivity index (χ0) is 13.3. The van der Waals surface area contributed by atoms with Crippen LogP contribution in [0.5, 0.6) is 0 Å². The number of nitrogens with zero attached hydrogens (tertiary/aromatic N) is 1. The van der Waals surface area contributed by atoms with Crippen molar-refractivity contribution in [2.45, 2.75) is 18.9 Å². The molecule has 0 heterocycles. The second-order valence-electron chi connectivity index (χ2n) is 4.25. The summed E-state index contributed by atoms with van der Waals surface area (Å²) in [5, 5.41) is 0. The number of benzene rings is 1. The lowest BCUT2D eigenvalue weighted by atomic mass is 10.2. The highest BCUT2D eigenvalue weighted by Gasteiger charge is 2.30. The first kappa shape index (κ1) is 13.3. The highest BCUT2D eigenvalue weighted by atomic mass is 32.2. The smallest absolute Gasteiger partial charge is 0.301 e. The van der Waals surface area contributed by atoms with E-state index in [1.807, 2.05) is 0 Å². The Morgan fingerprint density at radius 3 is 2.61 bits per heavy atom. The maximum atomic E-state index is 12.1. The molecule has 3 N–H and O–H groups in total. The number of hydrogen-bond donors (Lipinski definition) is 2. The summed E-state index contributed by atoms with van der Waals surface area (Å²) >= 11 is 4.93. The van der Waals surface area contributed by atoms with Gasteiger partial charge in [-0.1, -0.05) is 24.4 Å². The van der Waals surface area contributed by atoms with Crippen molar-refractivity contribution in [3.63, 3.8) is 0 Å². The van der Waals surface area contributed by atoms with Gasteiger partial charge in [0, 0.05) is 18.7 Å². The van der Waals surface area contributed by atoms with Gasteiger partial charge in [0.1, 0.15) is 4.99 Å². The molecule has 7 heteroatoms. The van der Waals surface area contributed by atoms with Crippen LogP contribution in [0.3, 0.4) is 0 Å². The van der Waals surface area contributed by atoms with Crippen molar-refractivity contribution in [2.24, 2.45) is 5.73 Å². The molecule has 98 valence electrons. The first-order valence-corrected chi connectivity index (χ1v) is 7.41. The normalized spacial score (nSPS) is 15.4. The fraction of sp³-hybridized carbons (Fsp3) is 0.364. The van der Waals surface area contributed by atoms with Crippen molar-refractivity contribution in [1.29, 1.82) is 0 Å². The third kappa shape index (κ3) is 2.80. The molecule has 0 amide bonds. The van der Waals surface area contributed by atoms with E-state index in [9.17, 15) is 8.42 Å². The lowest BCUT2D eigenvalue weighted by Gasteiger charge is -2.22. The van der Waals surface area contributed by atoms with Gasteiger partial charge in [0.15, 0.2) is 0 Å². The van der Waals surface area contributed by atoms with Crippen LogP contribution in [0.4, 0.5) is 5.69 Å². The average Bonchev–Trinajstić information content (AvgIpc) is 3.11. The molecular formula is C11H15N3O2S2. The second kappa shape index (κ2) is 4.83. The molecular weight excluding hydrogens is 270 g/mol. The van der Waals surface area contributed by atoms with Crippen LogP contribution in [0.25, 0.3) is 0 Å². The second-order valence-corrected chi connectivity index (χ2v) is 6.42. The molecule has 1 saturated carbocycles. The summed E-state index contributed by atoms with van der Waals surface area (Å²) < 4.78 is 28.0. The number of hydrogen-bond acceptors (Lipinski definition) is 3. The lowest BCUT2D eigenvalue weighted by Crippen LogP contribution is -2.40. The molecule has 1 aromatic rings. The van der Waals surface area contributed by atoms with E-state index in [-0.39, 0.29) is 11.0 Å². The van der Waals surface area contributed by atoms with Crippen LogP contribution in [-0.2, 0) is 10.2 Å². The van der Waals surface area contributed by atoms with Gasteiger partial charge in [0.05, 0.1) is 5.69 Å². The van der Waals surface area contributed by atoms with Crippen molar-refractivity contribution < 1.29 is 8.42 Å². The SMILES string of the molecule is CN(c1ccccc1C(N)=S)S(=O)(=O)NC1CC1. The average molecular weight is 285 g/mol. The fourth-order valence-electron chi connectivity index (χ4n) is 1.58. The Labute approximate surface area is 112 Å². The largest absolute Gasteiger partial charge is 0.389 e. The number of nitrogens with two attached hydrogens (primary N) is 1. The number of thiocarbonyl (C=S) groups is 1. The molecule has 2 rings (SSSR count). The molecule has 0 spiro atoms.